The minimum Gasteiger partial charge on any atom is -0.140 e. The van der Waals surface area contributed by atoms with E-state index in [9.17, 15) is 0 Å². The van der Waals surface area contributed by atoms with Crippen molar-refractivity contribution in [3.63, 3.8) is 0 Å². The molecule has 0 saturated heterocycles. The largest absolute Gasteiger partial charge is 0.140 e. The van der Waals surface area contributed by atoms with Gasteiger partial charge in [-0.3, -0.25) is 0 Å². The zero-order valence-electron chi connectivity index (χ0n) is 28.1. The van der Waals surface area contributed by atoms with Gasteiger partial charge in [-0.05, 0) is 40.1 Å². The molecule has 0 N–H and O–H groups in total. The van der Waals surface area contributed by atoms with Crippen molar-refractivity contribution in [2.75, 3.05) is 0 Å². The number of allylic oxidation sites excluding steroid dienone is 7. The van der Waals surface area contributed by atoms with Crippen molar-refractivity contribution in [3.8, 4) is 0 Å². The van der Waals surface area contributed by atoms with Gasteiger partial charge < -0.3 is 0 Å². The SMILES string of the molecule is C=C/C(=C\C(/C=C(\C)C(C)(C)C)(SC(C)(C)C)C1(C)C=C(C(C)(C)C)C(C)C(C(C)(C)C)=C1)C(C)(C)C. The van der Waals surface area contributed by atoms with E-state index < -0.39 is 0 Å². The normalized spacial score (nSPS) is 24.9. The molecule has 0 nitrogen and oxygen atoms in total. The molecule has 0 aromatic rings. The molecule has 0 aliphatic heterocycles. The fraction of sp³-hybridized carbons (Fsp3) is 0.722. The molecule has 0 aromatic carbocycles. The first-order valence-corrected chi connectivity index (χ1v) is 15.1. The van der Waals surface area contributed by atoms with Crippen LogP contribution in [0.5, 0.6) is 0 Å². The van der Waals surface area contributed by atoms with Crippen molar-refractivity contribution >= 4 is 11.8 Å². The van der Waals surface area contributed by atoms with E-state index in [0.29, 0.717) is 5.92 Å². The van der Waals surface area contributed by atoms with Crippen LogP contribution in [0.2, 0.25) is 0 Å². The zero-order chi connectivity index (χ0) is 29.6. The highest BCUT2D eigenvalue weighted by Gasteiger charge is 2.50. The topological polar surface area (TPSA) is 0 Å². The van der Waals surface area contributed by atoms with Gasteiger partial charge in [-0.2, -0.15) is 0 Å². The lowest BCUT2D eigenvalue weighted by molar-refractivity contribution is 0.352. The van der Waals surface area contributed by atoms with Gasteiger partial charge >= 0.3 is 0 Å². The Hall–Kier alpha value is -0.950. The van der Waals surface area contributed by atoms with Gasteiger partial charge in [0.25, 0.3) is 0 Å². The standard InChI is InChI=1S/C36H62S/c1-20-27(31(7,8)9)22-36(37-34(16,17)18,21-25(2)30(4,5)6)35(19)23-28(32(10,11)12)26(3)29(24-35)33(13,14)15/h20-24,26H,1H2,2-19H3/b25-21+,27-22+. The highest BCUT2D eigenvalue weighted by Crippen LogP contribution is 2.59. The van der Waals surface area contributed by atoms with Gasteiger partial charge in [-0.15, -0.1) is 11.8 Å². The molecule has 37 heavy (non-hydrogen) atoms. The van der Waals surface area contributed by atoms with Crippen molar-refractivity contribution in [3.05, 3.63) is 59.3 Å². The Morgan fingerprint density at radius 1 is 0.757 bits per heavy atom. The molecule has 1 aliphatic rings. The van der Waals surface area contributed by atoms with E-state index in [2.05, 4.69) is 173 Å². The van der Waals surface area contributed by atoms with Gasteiger partial charge in [0.15, 0.2) is 0 Å². The lowest BCUT2D eigenvalue weighted by atomic mass is 9.59. The molecule has 212 valence electrons. The highest BCUT2D eigenvalue weighted by molar-refractivity contribution is 8.02. The van der Waals surface area contributed by atoms with E-state index in [1.54, 1.807) is 11.1 Å². The molecule has 1 atom stereocenters. The second-order valence-electron chi connectivity index (χ2n) is 16.8. The van der Waals surface area contributed by atoms with E-state index in [-0.39, 0.29) is 36.6 Å². The van der Waals surface area contributed by atoms with Gasteiger partial charge in [0.2, 0.25) is 0 Å². The summed E-state index contributed by atoms with van der Waals surface area (Å²) < 4.78 is -0.251. The van der Waals surface area contributed by atoms with E-state index in [0.717, 1.165) is 0 Å². The highest BCUT2D eigenvalue weighted by atomic mass is 32.2. The predicted octanol–water partition coefficient (Wildman–Crippen LogP) is 12.0. The average Bonchev–Trinajstić information content (AvgIpc) is 2.62. The van der Waals surface area contributed by atoms with E-state index in [4.69, 9.17) is 0 Å². The molecule has 0 amide bonds. The van der Waals surface area contributed by atoms with Gasteiger partial charge in [0.1, 0.15) is 0 Å². The molecule has 0 heterocycles. The maximum atomic E-state index is 4.30. The van der Waals surface area contributed by atoms with Crippen LogP contribution in [-0.2, 0) is 0 Å². The number of rotatable bonds is 5. The smallest absolute Gasteiger partial charge is 0.0655 e. The minimum atomic E-state index is -0.299. The van der Waals surface area contributed by atoms with Gasteiger partial charge in [-0.1, -0.05) is 171 Å². The zero-order valence-corrected chi connectivity index (χ0v) is 28.9. The predicted molar refractivity (Wildman–Crippen MR) is 173 cm³/mol. The Labute approximate surface area is 237 Å². The molecule has 1 aliphatic carbocycles. The average molecular weight is 527 g/mol. The summed E-state index contributed by atoms with van der Waals surface area (Å²) in [5, 5.41) is 0. The first-order chi connectivity index (χ1) is 16.1. The van der Waals surface area contributed by atoms with Crippen LogP contribution in [0, 0.1) is 33.0 Å². The molecule has 1 rings (SSSR count). The lowest BCUT2D eigenvalue weighted by Crippen LogP contribution is -2.46. The second kappa shape index (κ2) is 10.6. The second-order valence-corrected chi connectivity index (χ2v) is 18.9. The third-order valence-electron chi connectivity index (χ3n) is 7.96. The minimum absolute atomic E-state index is 0.000380. The maximum absolute atomic E-state index is 4.30. The Morgan fingerprint density at radius 3 is 1.43 bits per heavy atom. The fourth-order valence-corrected chi connectivity index (χ4v) is 7.21. The van der Waals surface area contributed by atoms with E-state index in [1.807, 2.05) is 0 Å². The Bertz CT molecular complexity index is 926. The molecular weight excluding hydrogens is 464 g/mol. The third-order valence-corrected chi connectivity index (χ3v) is 9.59. The quantitative estimate of drug-likeness (QED) is 0.253. The summed E-state index contributed by atoms with van der Waals surface area (Å²) in [7, 11) is 0. The molecule has 0 fully saturated rings. The van der Waals surface area contributed by atoms with Crippen LogP contribution >= 0.6 is 11.8 Å². The summed E-state index contributed by atoms with van der Waals surface area (Å²) in [6.45, 7) is 46.9. The van der Waals surface area contributed by atoms with Crippen molar-refractivity contribution in [2.45, 2.75) is 134 Å². The monoisotopic (exact) mass is 526 g/mol. The van der Waals surface area contributed by atoms with Gasteiger partial charge in [-0.25, -0.2) is 0 Å². The van der Waals surface area contributed by atoms with Crippen molar-refractivity contribution in [1.29, 1.82) is 0 Å². The van der Waals surface area contributed by atoms with Crippen LogP contribution in [-0.4, -0.2) is 9.49 Å². The van der Waals surface area contributed by atoms with Crippen LogP contribution < -0.4 is 0 Å². The first kappa shape index (κ1) is 34.1. The molecular formula is C36H62S. The maximum Gasteiger partial charge on any atom is 0.0655 e. The molecule has 0 aromatic heterocycles. The summed E-state index contributed by atoms with van der Waals surface area (Å²) in [5.41, 5.74) is 5.85. The Balaban J connectivity index is 4.49. The van der Waals surface area contributed by atoms with Crippen LogP contribution in [0.3, 0.4) is 0 Å². The van der Waals surface area contributed by atoms with Gasteiger partial charge in [0, 0.05) is 10.2 Å². The molecule has 0 spiro atoms. The number of thioether (sulfide) groups is 1. The fourth-order valence-electron chi connectivity index (χ4n) is 5.44. The van der Waals surface area contributed by atoms with Crippen LogP contribution in [0.1, 0.15) is 125 Å². The Kier molecular flexibility index (Phi) is 9.72. The van der Waals surface area contributed by atoms with Crippen LogP contribution in [0.15, 0.2) is 59.3 Å². The van der Waals surface area contributed by atoms with Crippen LogP contribution in [0.4, 0.5) is 0 Å². The number of hydrogen-bond donors (Lipinski definition) is 0. The summed E-state index contributed by atoms with van der Waals surface area (Å²) in [6.07, 6.45) is 12.6. The summed E-state index contributed by atoms with van der Waals surface area (Å²) in [6, 6.07) is 0. The molecule has 0 radical (unpaired) electrons. The Morgan fingerprint density at radius 2 is 1.16 bits per heavy atom. The van der Waals surface area contributed by atoms with Crippen molar-refractivity contribution < 1.29 is 0 Å². The first-order valence-electron chi connectivity index (χ1n) is 14.3. The van der Waals surface area contributed by atoms with Crippen LogP contribution in [0.25, 0.3) is 0 Å². The van der Waals surface area contributed by atoms with E-state index in [1.165, 1.54) is 11.1 Å². The lowest BCUT2D eigenvalue weighted by Gasteiger charge is -2.52. The molecule has 0 bridgehead atoms. The molecule has 1 unspecified atom stereocenters. The summed E-state index contributed by atoms with van der Waals surface area (Å²) >= 11 is 2.10. The number of hydrogen-bond acceptors (Lipinski definition) is 1. The molecule has 0 saturated carbocycles. The summed E-state index contributed by atoms with van der Waals surface area (Å²) in [4.78, 5) is 0. The third kappa shape index (κ3) is 8.27. The van der Waals surface area contributed by atoms with Crippen molar-refractivity contribution in [1.82, 2.24) is 0 Å². The summed E-state index contributed by atoms with van der Waals surface area (Å²) in [5.74, 6) is 0.420. The van der Waals surface area contributed by atoms with Gasteiger partial charge in [0.05, 0.1) is 4.75 Å². The van der Waals surface area contributed by atoms with Crippen molar-refractivity contribution in [2.24, 2.45) is 33.0 Å². The molecule has 1 heteroatoms. The van der Waals surface area contributed by atoms with E-state index >= 15 is 0 Å².